The highest BCUT2D eigenvalue weighted by atomic mass is 35.5. The van der Waals surface area contributed by atoms with Crippen LogP contribution in [0.25, 0.3) is 0 Å². The third-order valence-electron chi connectivity index (χ3n) is 2.84. The maximum atomic E-state index is 6.13. The molecule has 1 aromatic carbocycles. The van der Waals surface area contributed by atoms with Crippen LogP contribution >= 0.6 is 23.2 Å². The number of hydrogen-bond donors (Lipinski definition) is 1. The number of benzene rings is 1. The molecule has 0 bridgehead atoms. The van der Waals surface area contributed by atoms with Gasteiger partial charge in [0.1, 0.15) is 11.9 Å². The minimum atomic E-state index is 0.144. The van der Waals surface area contributed by atoms with Crippen LogP contribution in [-0.2, 0) is 0 Å². The zero-order valence-electron chi connectivity index (χ0n) is 9.39. The predicted octanol–water partition coefficient (Wildman–Crippen LogP) is 3.82. The monoisotopic (exact) mass is 259 g/mol. The van der Waals surface area contributed by atoms with E-state index in [-0.39, 0.29) is 12.1 Å². The molecule has 1 N–H and O–H groups in total. The van der Waals surface area contributed by atoms with Crippen molar-refractivity contribution >= 4 is 23.2 Å². The van der Waals surface area contributed by atoms with Crippen molar-refractivity contribution in [2.24, 2.45) is 0 Å². The molecule has 0 aromatic heterocycles. The molecular formula is C12H15Cl2NO. The van der Waals surface area contributed by atoms with Crippen LogP contribution in [0.1, 0.15) is 31.9 Å². The Bertz CT molecular complexity index is 395. The summed E-state index contributed by atoms with van der Waals surface area (Å²) in [6.07, 6.45) is 1.09. The van der Waals surface area contributed by atoms with E-state index in [4.69, 9.17) is 27.9 Å². The Hall–Kier alpha value is -0.440. The SMILES string of the molecule is CCNC1c2cc(Cl)cc(Cl)c2OC1CC. The summed E-state index contributed by atoms with van der Waals surface area (Å²) in [5, 5.41) is 4.67. The fraction of sp³-hybridized carbons (Fsp3) is 0.500. The number of hydrogen-bond acceptors (Lipinski definition) is 2. The molecule has 1 heterocycles. The summed E-state index contributed by atoms with van der Waals surface area (Å²) in [5.41, 5.74) is 1.08. The predicted molar refractivity (Wildman–Crippen MR) is 67.6 cm³/mol. The number of nitrogens with one attached hydrogen (secondary N) is 1. The van der Waals surface area contributed by atoms with Crippen LogP contribution in [0.15, 0.2) is 12.1 Å². The number of ether oxygens (including phenoxy) is 1. The first-order valence-electron chi connectivity index (χ1n) is 5.56. The van der Waals surface area contributed by atoms with E-state index in [0.717, 1.165) is 24.3 Å². The first-order valence-corrected chi connectivity index (χ1v) is 6.32. The first-order chi connectivity index (χ1) is 7.67. The maximum absolute atomic E-state index is 6.13. The second-order valence-corrected chi connectivity index (χ2v) is 4.75. The van der Waals surface area contributed by atoms with E-state index in [0.29, 0.717) is 10.0 Å². The average molecular weight is 260 g/mol. The quantitative estimate of drug-likeness (QED) is 0.892. The minimum Gasteiger partial charge on any atom is -0.487 e. The largest absolute Gasteiger partial charge is 0.487 e. The van der Waals surface area contributed by atoms with E-state index in [9.17, 15) is 0 Å². The van der Waals surface area contributed by atoms with Crippen LogP contribution in [-0.4, -0.2) is 12.6 Å². The molecule has 0 saturated heterocycles. The van der Waals surface area contributed by atoms with Crippen LogP contribution in [0.5, 0.6) is 5.75 Å². The van der Waals surface area contributed by atoms with E-state index in [1.807, 2.05) is 6.07 Å². The van der Waals surface area contributed by atoms with E-state index in [1.165, 1.54) is 0 Å². The van der Waals surface area contributed by atoms with Gasteiger partial charge < -0.3 is 10.1 Å². The number of likely N-dealkylation sites (N-methyl/N-ethyl adjacent to an activating group) is 1. The summed E-state index contributed by atoms with van der Waals surface area (Å²) < 4.78 is 5.85. The van der Waals surface area contributed by atoms with E-state index in [2.05, 4.69) is 19.2 Å². The van der Waals surface area contributed by atoms with Gasteiger partial charge in [-0.25, -0.2) is 0 Å². The smallest absolute Gasteiger partial charge is 0.143 e. The van der Waals surface area contributed by atoms with Crippen LogP contribution < -0.4 is 10.1 Å². The molecule has 1 aromatic rings. The molecular weight excluding hydrogens is 245 g/mol. The van der Waals surface area contributed by atoms with Gasteiger partial charge >= 0.3 is 0 Å². The van der Waals surface area contributed by atoms with Gasteiger partial charge in [0, 0.05) is 10.6 Å². The highest BCUT2D eigenvalue weighted by Crippen LogP contribution is 2.44. The molecule has 0 aliphatic carbocycles. The van der Waals surface area contributed by atoms with Crippen molar-refractivity contribution in [2.45, 2.75) is 32.4 Å². The van der Waals surface area contributed by atoms with E-state index >= 15 is 0 Å². The van der Waals surface area contributed by atoms with Crippen LogP contribution in [0.4, 0.5) is 0 Å². The molecule has 2 rings (SSSR count). The fourth-order valence-corrected chi connectivity index (χ4v) is 2.69. The van der Waals surface area contributed by atoms with Crippen LogP contribution in [0, 0.1) is 0 Å². The van der Waals surface area contributed by atoms with Gasteiger partial charge in [-0.2, -0.15) is 0 Å². The van der Waals surface area contributed by atoms with Crippen molar-refractivity contribution in [1.82, 2.24) is 5.32 Å². The molecule has 2 atom stereocenters. The normalized spacial score (nSPS) is 23.0. The molecule has 1 aliphatic rings. The third kappa shape index (κ3) is 2.02. The Kier molecular flexibility index (Phi) is 3.63. The van der Waals surface area contributed by atoms with Crippen molar-refractivity contribution in [3.8, 4) is 5.75 Å². The highest BCUT2D eigenvalue weighted by molar-refractivity contribution is 6.35. The molecule has 0 saturated carbocycles. The summed E-state index contributed by atoms with van der Waals surface area (Å²) in [6, 6.07) is 3.86. The summed E-state index contributed by atoms with van der Waals surface area (Å²) in [7, 11) is 0. The highest BCUT2D eigenvalue weighted by Gasteiger charge is 2.34. The molecule has 0 spiro atoms. The average Bonchev–Trinajstić information content (AvgIpc) is 2.58. The maximum Gasteiger partial charge on any atom is 0.143 e. The summed E-state index contributed by atoms with van der Waals surface area (Å²) >= 11 is 12.1. The number of fused-ring (bicyclic) bond motifs is 1. The molecule has 0 amide bonds. The lowest BCUT2D eigenvalue weighted by atomic mass is 10.0. The molecule has 88 valence electrons. The van der Waals surface area contributed by atoms with Gasteiger partial charge in [0.05, 0.1) is 11.1 Å². The molecule has 2 unspecified atom stereocenters. The Labute approximate surface area is 106 Å². The van der Waals surface area contributed by atoms with Gasteiger partial charge in [0.2, 0.25) is 0 Å². The summed E-state index contributed by atoms with van der Waals surface area (Å²) in [6.45, 7) is 5.08. The second-order valence-electron chi connectivity index (χ2n) is 3.91. The first kappa shape index (κ1) is 12.0. The molecule has 16 heavy (non-hydrogen) atoms. The Morgan fingerprint density at radius 3 is 2.69 bits per heavy atom. The van der Waals surface area contributed by atoms with Gasteiger partial charge in [0.15, 0.2) is 0 Å². The standard InChI is InChI=1S/C12H15Cl2NO/c1-3-10-11(15-4-2)8-5-7(13)6-9(14)12(8)16-10/h5-6,10-11,15H,3-4H2,1-2H3. The van der Waals surface area contributed by atoms with Crippen LogP contribution in [0.3, 0.4) is 0 Å². The van der Waals surface area contributed by atoms with Crippen molar-refractivity contribution in [2.75, 3.05) is 6.54 Å². The molecule has 4 heteroatoms. The number of rotatable bonds is 3. The Morgan fingerprint density at radius 2 is 2.06 bits per heavy atom. The van der Waals surface area contributed by atoms with Gasteiger partial charge in [-0.1, -0.05) is 37.0 Å². The van der Waals surface area contributed by atoms with Gasteiger partial charge in [-0.3, -0.25) is 0 Å². The molecule has 2 nitrogen and oxygen atoms in total. The minimum absolute atomic E-state index is 0.144. The molecule has 0 radical (unpaired) electrons. The lowest BCUT2D eigenvalue weighted by Gasteiger charge is -2.17. The van der Waals surface area contributed by atoms with Crippen molar-refractivity contribution in [1.29, 1.82) is 0 Å². The lowest BCUT2D eigenvalue weighted by Crippen LogP contribution is -2.30. The van der Waals surface area contributed by atoms with E-state index in [1.54, 1.807) is 6.07 Å². The lowest BCUT2D eigenvalue weighted by molar-refractivity contribution is 0.186. The van der Waals surface area contributed by atoms with Gasteiger partial charge in [-0.05, 0) is 25.1 Å². The second kappa shape index (κ2) is 4.82. The van der Waals surface area contributed by atoms with Gasteiger partial charge in [0.25, 0.3) is 0 Å². The summed E-state index contributed by atoms with van der Waals surface area (Å²) in [4.78, 5) is 0. The number of halogens is 2. The van der Waals surface area contributed by atoms with Crippen molar-refractivity contribution < 1.29 is 4.74 Å². The Balaban J connectivity index is 2.41. The van der Waals surface area contributed by atoms with Crippen molar-refractivity contribution in [3.05, 3.63) is 27.7 Å². The van der Waals surface area contributed by atoms with Gasteiger partial charge in [-0.15, -0.1) is 0 Å². The zero-order valence-corrected chi connectivity index (χ0v) is 10.9. The van der Waals surface area contributed by atoms with E-state index < -0.39 is 0 Å². The summed E-state index contributed by atoms with van der Waals surface area (Å²) in [5.74, 6) is 0.781. The molecule has 1 aliphatic heterocycles. The third-order valence-corrected chi connectivity index (χ3v) is 3.34. The van der Waals surface area contributed by atoms with Crippen molar-refractivity contribution in [3.63, 3.8) is 0 Å². The zero-order chi connectivity index (χ0) is 11.7. The van der Waals surface area contributed by atoms with Crippen LogP contribution in [0.2, 0.25) is 10.0 Å². The fourth-order valence-electron chi connectivity index (χ4n) is 2.14. The topological polar surface area (TPSA) is 21.3 Å². The molecule has 0 fully saturated rings. The Morgan fingerprint density at radius 1 is 1.31 bits per heavy atom.